The summed E-state index contributed by atoms with van der Waals surface area (Å²) < 4.78 is 5.41. The summed E-state index contributed by atoms with van der Waals surface area (Å²) >= 11 is 0. The first-order chi connectivity index (χ1) is 15.7. The molecule has 2 aromatic rings. The number of carbonyl (C=O) groups excluding carboxylic acids is 1. The number of hydroxylamine groups is 1. The normalized spacial score (nSPS) is 22.0. The van der Waals surface area contributed by atoms with E-state index in [0.717, 1.165) is 57.6 Å². The van der Waals surface area contributed by atoms with Gasteiger partial charge in [-0.3, -0.25) is 14.7 Å². The van der Waals surface area contributed by atoms with Gasteiger partial charge in [0.15, 0.2) is 6.29 Å². The van der Waals surface area contributed by atoms with Crippen molar-refractivity contribution in [3.05, 3.63) is 60.1 Å². The molecular weight excluding hydrogens is 406 g/mol. The molecule has 0 aliphatic carbocycles. The van der Waals surface area contributed by atoms with Crippen molar-refractivity contribution in [2.45, 2.75) is 51.0 Å². The molecule has 2 fully saturated rings. The van der Waals surface area contributed by atoms with Crippen LogP contribution in [0.5, 0.6) is 0 Å². The van der Waals surface area contributed by atoms with Gasteiger partial charge in [0.25, 0.3) is 5.91 Å². The predicted molar refractivity (Wildman–Crippen MR) is 122 cm³/mol. The van der Waals surface area contributed by atoms with Crippen LogP contribution in [0.2, 0.25) is 0 Å². The Kier molecular flexibility index (Phi) is 8.19. The van der Waals surface area contributed by atoms with Crippen LogP contribution in [0, 0.1) is 0 Å². The van der Waals surface area contributed by atoms with E-state index >= 15 is 0 Å². The monoisotopic (exact) mass is 437 g/mol. The van der Waals surface area contributed by atoms with Crippen LogP contribution in [0.4, 0.5) is 5.82 Å². The van der Waals surface area contributed by atoms with Crippen LogP contribution in [0.3, 0.4) is 0 Å². The number of likely N-dealkylation sites (tertiary alicyclic amines) is 1. The Morgan fingerprint density at radius 2 is 2.06 bits per heavy atom. The summed E-state index contributed by atoms with van der Waals surface area (Å²) in [6, 6.07) is 10.9. The largest absolute Gasteiger partial charge is 0.365 e. The maximum Gasteiger partial charge on any atom is 0.267 e. The minimum absolute atomic E-state index is 0.341. The summed E-state index contributed by atoms with van der Waals surface area (Å²) in [5.74, 6) is 0.389. The van der Waals surface area contributed by atoms with Crippen LogP contribution in [-0.4, -0.2) is 52.8 Å². The van der Waals surface area contributed by atoms with E-state index in [2.05, 4.69) is 49.9 Å². The summed E-state index contributed by atoms with van der Waals surface area (Å²) in [6.45, 7) is 3.72. The number of piperidine rings is 1. The number of ether oxygens (including phenoxy) is 1. The Morgan fingerprint density at radius 3 is 2.84 bits per heavy atom. The lowest BCUT2D eigenvalue weighted by atomic mass is 10.0. The highest BCUT2D eigenvalue weighted by atomic mass is 16.8. The number of benzene rings is 1. The molecule has 2 N–H and O–H groups in total. The third-order valence-corrected chi connectivity index (χ3v) is 5.61. The molecule has 0 saturated carbocycles. The van der Waals surface area contributed by atoms with Crippen molar-refractivity contribution < 1.29 is 14.4 Å². The van der Waals surface area contributed by atoms with E-state index in [-0.39, 0.29) is 12.2 Å². The van der Waals surface area contributed by atoms with E-state index in [9.17, 15) is 4.79 Å². The Hall–Kier alpha value is -2.81. The quantitative estimate of drug-likeness (QED) is 0.484. The molecule has 2 aliphatic rings. The Labute approximate surface area is 189 Å². The van der Waals surface area contributed by atoms with E-state index in [1.807, 2.05) is 6.07 Å². The molecule has 8 heteroatoms. The van der Waals surface area contributed by atoms with Gasteiger partial charge in [0.05, 0.1) is 18.1 Å². The molecule has 32 heavy (non-hydrogen) atoms. The van der Waals surface area contributed by atoms with E-state index in [1.165, 1.54) is 11.6 Å². The third kappa shape index (κ3) is 7.12. The van der Waals surface area contributed by atoms with E-state index < -0.39 is 0 Å². The van der Waals surface area contributed by atoms with Gasteiger partial charge in [-0.15, -0.1) is 0 Å². The Bertz CT molecular complexity index is 869. The summed E-state index contributed by atoms with van der Waals surface area (Å²) in [6.07, 6.45) is 11.1. The van der Waals surface area contributed by atoms with E-state index in [4.69, 9.17) is 9.57 Å². The summed E-state index contributed by atoms with van der Waals surface area (Å²) in [5, 5.41) is 3.49. The van der Waals surface area contributed by atoms with E-state index in [0.29, 0.717) is 18.3 Å². The number of rotatable bonds is 8. The molecular formula is C24H31N5O3. The van der Waals surface area contributed by atoms with Gasteiger partial charge >= 0.3 is 0 Å². The molecule has 1 unspecified atom stereocenters. The predicted octanol–water partition coefficient (Wildman–Crippen LogP) is 3.14. The fourth-order valence-electron chi connectivity index (χ4n) is 3.99. The first-order valence-corrected chi connectivity index (χ1v) is 11.3. The fourth-order valence-corrected chi connectivity index (χ4v) is 3.99. The molecule has 0 radical (unpaired) electrons. The number of nitrogens with zero attached hydrogens (tertiary/aromatic N) is 3. The molecule has 0 bridgehead atoms. The fraction of sp³-hybridized carbons (Fsp3) is 0.458. The van der Waals surface area contributed by atoms with E-state index in [1.54, 1.807) is 18.5 Å². The second kappa shape index (κ2) is 11.7. The molecule has 2 saturated heterocycles. The molecule has 1 amide bonds. The van der Waals surface area contributed by atoms with Crippen LogP contribution in [0.1, 0.15) is 43.4 Å². The van der Waals surface area contributed by atoms with Gasteiger partial charge in [0.2, 0.25) is 0 Å². The lowest BCUT2D eigenvalue weighted by Gasteiger charge is -2.33. The van der Waals surface area contributed by atoms with Crippen LogP contribution in [0.25, 0.3) is 6.08 Å². The number of aromatic nitrogens is 2. The molecule has 8 nitrogen and oxygen atoms in total. The molecule has 1 aromatic carbocycles. The van der Waals surface area contributed by atoms with Crippen molar-refractivity contribution in [1.29, 1.82) is 0 Å². The van der Waals surface area contributed by atoms with Crippen molar-refractivity contribution in [3.8, 4) is 0 Å². The number of hydrogen-bond donors (Lipinski definition) is 2. The molecule has 170 valence electrons. The average Bonchev–Trinajstić information content (AvgIpc) is 2.84. The first-order valence-electron chi connectivity index (χ1n) is 11.3. The standard InChI is InChI=1S/C24H31N5O3/c30-23(28-32-24-10-4-5-14-31-24)12-11-20-15-26-22(16-25-20)27-21-9-6-13-29(18-21)17-19-7-2-1-3-8-19/h1-3,7-8,11-12,15-16,21,24H,4-6,9-10,13-14,17-18H2,(H,26,27)(H,28,30)/b12-11+/t21-,24?/m1/s1. The lowest BCUT2D eigenvalue weighted by Crippen LogP contribution is -2.41. The van der Waals surface area contributed by atoms with Gasteiger partial charge < -0.3 is 10.1 Å². The van der Waals surface area contributed by atoms with Crippen molar-refractivity contribution in [1.82, 2.24) is 20.3 Å². The van der Waals surface area contributed by atoms with Crippen molar-refractivity contribution in [2.75, 3.05) is 25.0 Å². The van der Waals surface area contributed by atoms with Crippen LogP contribution in [-0.2, 0) is 20.9 Å². The minimum Gasteiger partial charge on any atom is -0.365 e. The van der Waals surface area contributed by atoms with Crippen molar-refractivity contribution in [2.24, 2.45) is 0 Å². The topological polar surface area (TPSA) is 88.6 Å². The van der Waals surface area contributed by atoms with Gasteiger partial charge in [-0.05, 0) is 43.9 Å². The zero-order chi connectivity index (χ0) is 22.0. The van der Waals surface area contributed by atoms with Crippen LogP contribution >= 0.6 is 0 Å². The summed E-state index contributed by atoms with van der Waals surface area (Å²) in [5.41, 5.74) is 4.34. The van der Waals surface area contributed by atoms with Crippen molar-refractivity contribution in [3.63, 3.8) is 0 Å². The summed E-state index contributed by atoms with van der Waals surface area (Å²) in [4.78, 5) is 28.5. The molecule has 4 rings (SSSR count). The minimum atomic E-state index is -0.366. The van der Waals surface area contributed by atoms with Gasteiger partial charge in [-0.1, -0.05) is 30.3 Å². The number of amides is 1. The highest BCUT2D eigenvalue weighted by molar-refractivity contribution is 5.90. The smallest absolute Gasteiger partial charge is 0.267 e. The number of nitrogens with one attached hydrogen (secondary N) is 2. The second-order valence-corrected chi connectivity index (χ2v) is 8.24. The number of anilines is 1. The second-order valence-electron chi connectivity index (χ2n) is 8.24. The SMILES string of the molecule is O=C(/C=C/c1cnc(N[C@@H]2CCCN(Cc3ccccc3)C2)cn1)NOC1CCCCO1. The van der Waals surface area contributed by atoms with Gasteiger partial charge in [0.1, 0.15) is 5.82 Å². The Balaban J connectivity index is 1.21. The van der Waals surface area contributed by atoms with Crippen LogP contribution in [0.15, 0.2) is 48.8 Å². The summed E-state index contributed by atoms with van der Waals surface area (Å²) in [7, 11) is 0. The molecule has 2 atom stereocenters. The zero-order valence-electron chi connectivity index (χ0n) is 18.3. The zero-order valence-corrected chi connectivity index (χ0v) is 18.3. The lowest BCUT2D eigenvalue weighted by molar-refractivity contribution is -0.198. The average molecular weight is 438 g/mol. The Morgan fingerprint density at radius 1 is 1.16 bits per heavy atom. The number of carbonyl (C=O) groups is 1. The third-order valence-electron chi connectivity index (χ3n) is 5.61. The maximum absolute atomic E-state index is 11.9. The van der Waals surface area contributed by atoms with Gasteiger partial charge in [-0.25, -0.2) is 15.3 Å². The van der Waals surface area contributed by atoms with Gasteiger partial charge in [-0.2, -0.15) is 0 Å². The number of hydrogen-bond acceptors (Lipinski definition) is 7. The molecule has 2 aliphatic heterocycles. The first kappa shape index (κ1) is 22.4. The molecule has 0 spiro atoms. The molecule has 1 aromatic heterocycles. The maximum atomic E-state index is 11.9. The highest BCUT2D eigenvalue weighted by Crippen LogP contribution is 2.17. The highest BCUT2D eigenvalue weighted by Gasteiger charge is 2.20. The molecule has 3 heterocycles. The van der Waals surface area contributed by atoms with Gasteiger partial charge in [0, 0.05) is 38.2 Å². The van der Waals surface area contributed by atoms with Crippen LogP contribution < -0.4 is 10.8 Å². The van der Waals surface area contributed by atoms with Crippen molar-refractivity contribution >= 4 is 17.8 Å².